The highest BCUT2D eigenvalue weighted by Crippen LogP contribution is 2.12. The Kier molecular flexibility index (Phi) is 3.91. The van der Waals surface area contributed by atoms with Gasteiger partial charge in [0.05, 0.1) is 0 Å². The lowest BCUT2D eigenvalue weighted by atomic mass is 10.3. The number of anilines is 1. The lowest BCUT2D eigenvalue weighted by Gasteiger charge is -2.10. The van der Waals surface area contributed by atoms with Crippen molar-refractivity contribution < 1.29 is 4.74 Å². The number of hydrogen-bond acceptors (Lipinski definition) is 5. The summed E-state index contributed by atoms with van der Waals surface area (Å²) >= 11 is 0. The van der Waals surface area contributed by atoms with E-state index in [4.69, 9.17) is 10.5 Å². The molecule has 0 amide bonds. The molecule has 1 aromatic heterocycles. The molecule has 0 radical (unpaired) electrons. The Bertz CT molecular complexity index is 290. The monoisotopic (exact) mass is 216 g/mol. The minimum Gasteiger partial charge on any atom is -0.473 e. The second-order valence-corrected chi connectivity index (χ2v) is 3.01. The van der Waals surface area contributed by atoms with Crippen molar-refractivity contribution in [2.24, 2.45) is 0 Å². The van der Waals surface area contributed by atoms with Crippen LogP contribution in [0.25, 0.3) is 0 Å². The average molecular weight is 217 g/mol. The van der Waals surface area contributed by atoms with Crippen LogP contribution in [-0.4, -0.2) is 29.2 Å². The van der Waals surface area contributed by atoms with Crippen LogP contribution in [0.4, 0.5) is 5.82 Å². The van der Waals surface area contributed by atoms with Crippen molar-refractivity contribution in [3.05, 3.63) is 12.4 Å². The molecule has 2 rings (SSSR count). The molecule has 1 aliphatic heterocycles. The zero-order valence-electron chi connectivity index (χ0n) is 7.64. The van der Waals surface area contributed by atoms with Crippen LogP contribution in [0.2, 0.25) is 0 Å². The van der Waals surface area contributed by atoms with Crippen LogP contribution in [0.3, 0.4) is 0 Å². The highest BCUT2D eigenvalue weighted by Gasteiger charge is 2.16. The van der Waals surface area contributed by atoms with Crippen LogP contribution in [0, 0.1) is 0 Å². The molecule has 1 aromatic rings. The maximum absolute atomic E-state index is 5.56. The molecule has 1 saturated heterocycles. The van der Waals surface area contributed by atoms with Gasteiger partial charge in [-0.15, -0.1) is 12.4 Å². The number of ether oxygens (including phenoxy) is 1. The summed E-state index contributed by atoms with van der Waals surface area (Å²) in [5.41, 5.74) is 5.49. The Morgan fingerprint density at radius 3 is 3.00 bits per heavy atom. The van der Waals surface area contributed by atoms with Gasteiger partial charge in [0.2, 0.25) is 5.88 Å². The molecule has 0 bridgehead atoms. The maximum atomic E-state index is 5.56. The van der Waals surface area contributed by atoms with E-state index in [-0.39, 0.29) is 18.5 Å². The molecule has 0 spiro atoms. The Labute approximate surface area is 88.5 Å². The zero-order chi connectivity index (χ0) is 9.10. The molecule has 0 unspecified atom stereocenters. The Hall–Kier alpha value is -1.07. The van der Waals surface area contributed by atoms with E-state index in [9.17, 15) is 0 Å². The van der Waals surface area contributed by atoms with Gasteiger partial charge in [0.15, 0.2) is 0 Å². The largest absolute Gasteiger partial charge is 0.473 e. The number of nitrogen functional groups attached to an aromatic ring is 1. The second kappa shape index (κ2) is 4.97. The van der Waals surface area contributed by atoms with E-state index in [0.717, 1.165) is 19.5 Å². The van der Waals surface area contributed by atoms with E-state index in [1.54, 1.807) is 6.07 Å². The van der Waals surface area contributed by atoms with Gasteiger partial charge in [0.25, 0.3) is 0 Å². The fourth-order valence-corrected chi connectivity index (χ4v) is 1.32. The highest BCUT2D eigenvalue weighted by atomic mass is 35.5. The van der Waals surface area contributed by atoms with Crippen molar-refractivity contribution >= 4 is 18.2 Å². The van der Waals surface area contributed by atoms with Gasteiger partial charge in [0.1, 0.15) is 18.2 Å². The van der Waals surface area contributed by atoms with Gasteiger partial charge in [0, 0.05) is 12.6 Å². The van der Waals surface area contributed by atoms with Gasteiger partial charge in [-0.3, -0.25) is 0 Å². The lowest BCUT2D eigenvalue weighted by Crippen LogP contribution is -2.20. The van der Waals surface area contributed by atoms with Gasteiger partial charge in [-0.25, -0.2) is 9.97 Å². The lowest BCUT2D eigenvalue weighted by molar-refractivity contribution is 0.214. The molecular formula is C8H13ClN4O. The molecule has 0 aliphatic carbocycles. The maximum Gasteiger partial charge on any atom is 0.218 e. The molecule has 0 saturated carbocycles. The standard InChI is InChI=1S/C8H12N4O.ClH/c9-7-3-8(12-5-11-7)13-6-1-2-10-4-6;/h3,5-6,10H,1-2,4H2,(H2,9,11,12);1H/t6-;/m0./s1. The molecule has 14 heavy (non-hydrogen) atoms. The topological polar surface area (TPSA) is 73.1 Å². The summed E-state index contributed by atoms with van der Waals surface area (Å²) in [5.74, 6) is 0.997. The molecular weight excluding hydrogens is 204 g/mol. The predicted octanol–water partition coefficient (Wildman–Crippen LogP) is 0.221. The predicted molar refractivity (Wildman–Crippen MR) is 55.6 cm³/mol. The van der Waals surface area contributed by atoms with Gasteiger partial charge in [-0.1, -0.05) is 0 Å². The van der Waals surface area contributed by atoms with E-state index in [1.807, 2.05) is 0 Å². The van der Waals surface area contributed by atoms with Crippen LogP contribution in [0.1, 0.15) is 6.42 Å². The second-order valence-electron chi connectivity index (χ2n) is 3.01. The Balaban J connectivity index is 0.000000980. The van der Waals surface area contributed by atoms with Crippen molar-refractivity contribution in [2.45, 2.75) is 12.5 Å². The first kappa shape index (κ1) is 11.0. The van der Waals surface area contributed by atoms with Gasteiger partial charge in [-0.2, -0.15) is 0 Å². The Morgan fingerprint density at radius 1 is 1.50 bits per heavy atom. The third-order valence-electron chi connectivity index (χ3n) is 1.97. The highest BCUT2D eigenvalue weighted by molar-refractivity contribution is 5.85. The molecule has 1 atom stereocenters. The SMILES string of the molecule is Cl.Nc1cc(O[C@H]2CCNC2)ncn1. The molecule has 2 heterocycles. The van der Waals surface area contributed by atoms with Crippen molar-refractivity contribution in [2.75, 3.05) is 18.8 Å². The molecule has 0 aromatic carbocycles. The molecule has 1 fully saturated rings. The fraction of sp³-hybridized carbons (Fsp3) is 0.500. The summed E-state index contributed by atoms with van der Waals surface area (Å²) in [7, 11) is 0. The van der Waals surface area contributed by atoms with Gasteiger partial charge in [-0.05, 0) is 13.0 Å². The molecule has 5 nitrogen and oxygen atoms in total. The van der Waals surface area contributed by atoms with Crippen molar-refractivity contribution in [1.29, 1.82) is 0 Å². The van der Waals surface area contributed by atoms with Crippen molar-refractivity contribution in [3.63, 3.8) is 0 Å². The normalized spacial score (nSPS) is 20.1. The summed E-state index contributed by atoms with van der Waals surface area (Å²) in [5, 5.41) is 3.21. The summed E-state index contributed by atoms with van der Waals surface area (Å²) in [6, 6.07) is 1.64. The number of nitrogens with two attached hydrogens (primary N) is 1. The Morgan fingerprint density at radius 2 is 2.36 bits per heavy atom. The van der Waals surface area contributed by atoms with Crippen LogP contribution >= 0.6 is 12.4 Å². The third-order valence-corrected chi connectivity index (χ3v) is 1.97. The first-order valence-corrected chi connectivity index (χ1v) is 4.29. The number of nitrogens with zero attached hydrogens (tertiary/aromatic N) is 2. The molecule has 1 aliphatic rings. The number of rotatable bonds is 2. The first-order valence-electron chi connectivity index (χ1n) is 4.29. The summed E-state index contributed by atoms with van der Waals surface area (Å²) < 4.78 is 5.56. The van der Waals surface area contributed by atoms with E-state index < -0.39 is 0 Å². The van der Waals surface area contributed by atoms with Crippen LogP contribution in [0.15, 0.2) is 12.4 Å². The van der Waals surface area contributed by atoms with Crippen LogP contribution < -0.4 is 15.8 Å². The molecule has 6 heteroatoms. The number of nitrogens with one attached hydrogen (secondary N) is 1. The number of halogens is 1. The minimum atomic E-state index is 0. The number of aromatic nitrogens is 2. The van der Waals surface area contributed by atoms with E-state index in [1.165, 1.54) is 6.33 Å². The van der Waals surface area contributed by atoms with E-state index in [0.29, 0.717) is 11.7 Å². The quantitative estimate of drug-likeness (QED) is 0.740. The average Bonchev–Trinajstić information content (AvgIpc) is 2.57. The molecule has 3 N–H and O–H groups in total. The third kappa shape index (κ3) is 2.71. The van der Waals surface area contributed by atoms with Crippen LogP contribution in [0.5, 0.6) is 5.88 Å². The van der Waals surface area contributed by atoms with Crippen LogP contribution in [-0.2, 0) is 0 Å². The van der Waals surface area contributed by atoms with E-state index >= 15 is 0 Å². The summed E-state index contributed by atoms with van der Waals surface area (Å²) in [6.45, 7) is 1.88. The minimum absolute atomic E-state index is 0. The van der Waals surface area contributed by atoms with Crippen molar-refractivity contribution in [1.82, 2.24) is 15.3 Å². The summed E-state index contributed by atoms with van der Waals surface area (Å²) in [4.78, 5) is 7.75. The van der Waals surface area contributed by atoms with Gasteiger partial charge < -0.3 is 15.8 Å². The summed E-state index contributed by atoms with van der Waals surface area (Å²) in [6.07, 6.45) is 2.64. The van der Waals surface area contributed by atoms with E-state index in [2.05, 4.69) is 15.3 Å². The first-order chi connectivity index (χ1) is 6.34. The number of hydrogen-bond donors (Lipinski definition) is 2. The molecule has 78 valence electrons. The fourth-order valence-electron chi connectivity index (χ4n) is 1.32. The smallest absolute Gasteiger partial charge is 0.218 e. The zero-order valence-corrected chi connectivity index (χ0v) is 8.46. The van der Waals surface area contributed by atoms with Gasteiger partial charge >= 0.3 is 0 Å². The van der Waals surface area contributed by atoms with Crippen molar-refractivity contribution in [3.8, 4) is 5.88 Å².